The zero-order chi connectivity index (χ0) is 38.5. The fourth-order valence-corrected chi connectivity index (χ4v) is 7.25. The number of carbonyl (C=O) groups is 2. The highest BCUT2D eigenvalue weighted by Gasteiger charge is 2.33. The first kappa shape index (κ1) is 43.2. The van der Waals surface area contributed by atoms with E-state index in [0.29, 0.717) is 6.54 Å². The Morgan fingerprint density at radius 1 is 0.796 bits per heavy atom. The molecule has 0 saturated carbocycles. The number of ether oxygens (including phenoxy) is 3. The minimum atomic E-state index is -0.858. The lowest BCUT2D eigenvalue weighted by atomic mass is 9.97. The molecule has 296 valence electrons. The number of amides is 1. The number of nitrogens with zero attached hydrogens (tertiary/aromatic N) is 1. The van der Waals surface area contributed by atoms with Crippen LogP contribution in [0.1, 0.15) is 146 Å². The minimum Gasteiger partial charge on any atom is -0.453 e. The molecular weight excluding hydrogens is 677 g/mol. The van der Waals surface area contributed by atoms with Crippen molar-refractivity contribution < 1.29 is 28.9 Å². The number of rotatable bonds is 24. The van der Waals surface area contributed by atoms with Crippen molar-refractivity contribution >= 4 is 11.9 Å². The summed E-state index contributed by atoms with van der Waals surface area (Å²) in [5.74, 6) is -0.825. The van der Waals surface area contributed by atoms with Crippen molar-refractivity contribution in [1.29, 1.82) is 0 Å². The third kappa shape index (κ3) is 14.6. The highest BCUT2D eigenvalue weighted by atomic mass is 16.7. The molecule has 54 heavy (non-hydrogen) atoms. The monoisotopic (exact) mass is 742 g/mol. The maximum absolute atomic E-state index is 12.5. The quantitative estimate of drug-likeness (QED) is 0.0697. The Labute approximate surface area is 325 Å². The van der Waals surface area contributed by atoms with Crippen LogP contribution in [0.4, 0.5) is 0 Å². The molecule has 8 nitrogen and oxygen atoms in total. The van der Waals surface area contributed by atoms with Gasteiger partial charge >= 0.3 is 5.97 Å². The summed E-state index contributed by atoms with van der Waals surface area (Å²) in [6.07, 6.45) is 14.7. The topological polar surface area (TPSA) is 97.3 Å². The summed E-state index contributed by atoms with van der Waals surface area (Å²) in [6.45, 7) is 10.8. The van der Waals surface area contributed by atoms with Gasteiger partial charge in [0.05, 0.1) is 18.8 Å². The van der Waals surface area contributed by atoms with E-state index in [-0.39, 0.29) is 24.7 Å². The van der Waals surface area contributed by atoms with E-state index in [1.165, 1.54) is 84.0 Å². The van der Waals surface area contributed by atoms with Crippen LogP contribution in [-0.2, 0) is 37.0 Å². The first-order valence-corrected chi connectivity index (χ1v) is 20.7. The second-order valence-electron chi connectivity index (χ2n) is 14.9. The highest BCUT2D eigenvalue weighted by molar-refractivity contribution is 5.83. The normalized spacial score (nSPS) is 17.7. The molecule has 3 aromatic rings. The average Bonchev–Trinajstić information content (AvgIpc) is 3.19. The molecule has 4 rings (SSSR count). The second-order valence-corrected chi connectivity index (χ2v) is 14.9. The Morgan fingerprint density at radius 3 is 2.00 bits per heavy atom. The molecule has 3 aromatic carbocycles. The van der Waals surface area contributed by atoms with Gasteiger partial charge < -0.3 is 29.5 Å². The van der Waals surface area contributed by atoms with Gasteiger partial charge in [-0.15, -0.1) is 0 Å². The van der Waals surface area contributed by atoms with Crippen LogP contribution in [0.3, 0.4) is 0 Å². The zero-order valence-electron chi connectivity index (χ0n) is 33.4. The summed E-state index contributed by atoms with van der Waals surface area (Å²) in [4.78, 5) is 26.5. The van der Waals surface area contributed by atoms with Crippen molar-refractivity contribution in [2.24, 2.45) is 0 Å². The van der Waals surface area contributed by atoms with E-state index in [9.17, 15) is 14.7 Å². The van der Waals surface area contributed by atoms with Crippen LogP contribution in [0, 0.1) is 0 Å². The Bertz CT molecular complexity index is 1490. The van der Waals surface area contributed by atoms with E-state index in [1.807, 2.05) is 36.4 Å². The molecule has 0 aliphatic carbocycles. The third-order valence-corrected chi connectivity index (χ3v) is 10.4. The largest absolute Gasteiger partial charge is 0.453 e. The van der Waals surface area contributed by atoms with Gasteiger partial charge in [-0.05, 0) is 60.7 Å². The van der Waals surface area contributed by atoms with Crippen LogP contribution in [0.15, 0.2) is 72.8 Å². The van der Waals surface area contributed by atoms with E-state index >= 15 is 0 Å². The third-order valence-electron chi connectivity index (χ3n) is 10.4. The lowest BCUT2D eigenvalue weighted by molar-refractivity contribution is -0.253. The number of aliphatic hydroxyl groups excluding tert-OH is 1. The van der Waals surface area contributed by atoms with Gasteiger partial charge in [0.15, 0.2) is 12.4 Å². The number of hydrogen-bond acceptors (Lipinski definition) is 7. The van der Waals surface area contributed by atoms with Crippen LogP contribution < -0.4 is 5.32 Å². The maximum atomic E-state index is 12.5. The molecule has 0 bridgehead atoms. The van der Waals surface area contributed by atoms with Gasteiger partial charge in [-0.1, -0.05) is 151 Å². The minimum absolute atomic E-state index is 0.00448. The molecule has 1 aliphatic rings. The van der Waals surface area contributed by atoms with E-state index in [2.05, 4.69) is 60.5 Å². The fourth-order valence-electron chi connectivity index (χ4n) is 7.25. The molecule has 0 radical (unpaired) electrons. The molecule has 1 saturated heterocycles. The van der Waals surface area contributed by atoms with Crippen molar-refractivity contribution in [3.63, 3.8) is 0 Å². The molecule has 1 heterocycles. The molecular formula is C46H66N2O6. The lowest BCUT2D eigenvalue weighted by Crippen LogP contribution is -2.40. The van der Waals surface area contributed by atoms with Crippen molar-refractivity contribution in [3.8, 4) is 11.1 Å². The van der Waals surface area contributed by atoms with Crippen LogP contribution in [0.25, 0.3) is 11.1 Å². The molecule has 1 aliphatic heterocycles. The lowest BCUT2D eigenvalue weighted by Gasteiger charge is -2.38. The van der Waals surface area contributed by atoms with Crippen molar-refractivity contribution in [1.82, 2.24) is 10.2 Å². The summed E-state index contributed by atoms with van der Waals surface area (Å²) in [5, 5.41) is 12.6. The SMILES string of the molecule is CCCCCCCCN(CCCCCCCC)C[C@@H]1C[C@H](c2ccc(CO)cc2)O[C@H](c2ccc(-c3ccccc3CNC(=O)[C@H](C)OC(C)=O)cc2)O1. The van der Waals surface area contributed by atoms with Crippen molar-refractivity contribution in [3.05, 3.63) is 95.1 Å². The highest BCUT2D eigenvalue weighted by Crippen LogP contribution is 2.39. The number of unbranched alkanes of at least 4 members (excludes halogenated alkanes) is 10. The summed E-state index contributed by atoms with van der Waals surface area (Å²) in [7, 11) is 0. The number of esters is 1. The van der Waals surface area contributed by atoms with Crippen LogP contribution in [0.5, 0.6) is 0 Å². The van der Waals surface area contributed by atoms with Gasteiger partial charge in [-0.3, -0.25) is 9.59 Å². The van der Waals surface area contributed by atoms with Gasteiger partial charge in [0.2, 0.25) is 0 Å². The molecule has 0 aromatic heterocycles. The van der Waals surface area contributed by atoms with Gasteiger partial charge in [0.25, 0.3) is 5.91 Å². The Kier molecular flexibility index (Phi) is 19.2. The number of carbonyl (C=O) groups excluding carboxylic acids is 2. The predicted octanol–water partition coefficient (Wildman–Crippen LogP) is 9.98. The van der Waals surface area contributed by atoms with Gasteiger partial charge in [0.1, 0.15) is 0 Å². The van der Waals surface area contributed by atoms with Crippen LogP contribution >= 0.6 is 0 Å². The molecule has 1 fully saturated rings. The Morgan fingerprint density at radius 2 is 1.39 bits per heavy atom. The first-order valence-electron chi connectivity index (χ1n) is 20.7. The fraction of sp³-hybridized carbons (Fsp3) is 0.565. The van der Waals surface area contributed by atoms with Crippen LogP contribution in [0.2, 0.25) is 0 Å². The number of hydrogen-bond donors (Lipinski definition) is 2. The molecule has 2 N–H and O–H groups in total. The maximum Gasteiger partial charge on any atom is 0.303 e. The number of benzene rings is 3. The Balaban J connectivity index is 1.49. The standard InChI is InChI=1S/C46H66N2O6/c1-5-7-9-11-13-17-29-48(30-18-14-12-10-8-6-2)33-42-31-44(39-23-21-37(34-49)22-24-39)54-46(53-42)40-27-25-38(26-28-40)43-20-16-15-19-41(43)32-47-45(51)35(3)52-36(4)50/h15-16,19-28,35,42,44,46,49H,5-14,17-18,29-34H2,1-4H3,(H,47,51)/t35-,42-,44+,46+/m0/s1. The van der Waals surface area contributed by atoms with E-state index in [1.54, 1.807) is 6.92 Å². The van der Waals surface area contributed by atoms with Gasteiger partial charge in [0, 0.05) is 32.0 Å². The molecule has 4 atom stereocenters. The summed E-state index contributed by atoms with van der Waals surface area (Å²) >= 11 is 0. The predicted molar refractivity (Wildman–Crippen MR) is 217 cm³/mol. The molecule has 8 heteroatoms. The zero-order valence-corrected chi connectivity index (χ0v) is 33.4. The molecule has 0 unspecified atom stereocenters. The van der Waals surface area contributed by atoms with E-state index in [4.69, 9.17) is 14.2 Å². The summed E-state index contributed by atoms with van der Waals surface area (Å²) in [6, 6.07) is 24.4. The Hall–Kier alpha value is -3.56. The number of nitrogens with one attached hydrogen (secondary N) is 1. The van der Waals surface area contributed by atoms with Crippen molar-refractivity contribution in [2.75, 3.05) is 19.6 Å². The molecule has 0 spiro atoms. The number of aliphatic hydroxyl groups is 1. The molecule has 1 amide bonds. The summed E-state index contributed by atoms with van der Waals surface area (Å²) in [5.41, 5.74) is 5.93. The average molecular weight is 743 g/mol. The van der Waals surface area contributed by atoms with E-state index < -0.39 is 18.4 Å². The smallest absolute Gasteiger partial charge is 0.303 e. The first-order chi connectivity index (χ1) is 26.3. The van der Waals surface area contributed by atoms with Gasteiger partial charge in [-0.2, -0.15) is 0 Å². The van der Waals surface area contributed by atoms with Gasteiger partial charge in [-0.25, -0.2) is 0 Å². The second kappa shape index (κ2) is 24.1. The van der Waals surface area contributed by atoms with E-state index in [0.717, 1.165) is 59.4 Å². The van der Waals surface area contributed by atoms with Crippen LogP contribution in [-0.4, -0.2) is 53.7 Å². The van der Waals surface area contributed by atoms with Crippen molar-refractivity contribution in [2.45, 2.75) is 149 Å². The summed E-state index contributed by atoms with van der Waals surface area (Å²) < 4.78 is 18.6.